The van der Waals surface area contributed by atoms with Gasteiger partial charge >= 0.3 is 6.03 Å². The first-order chi connectivity index (χ1) is 7.65. The van der Waals surface area contributed by atoms with E-state index in [9.17, 15) is 4.79 Å². The van der Waals surface area contributed by atoms with Crippen LogP contribution in [0.3, 0.4) is 0 Å². The lowest BCUT2D eigenvalue weighted by Gasteiger charge is -2.31. The lowest BCUT2D eigenvalue weighted by Crippen LogP contribution is -2.48. The van der Waals surface area contributed by atoms with Gasteiger partial charge in [0.1, 0.15) is 0 Å². The molecule has 0 aromatic carbocycles. The fourth-order valence-electron chi connectivity index (χ4n) is 1.75. The van der Waals surface area contributed by atoms with Gasteiger partial charge in [-0.2, -0.15) is 0 Å². The molecule has 5 N–H and O–H groups in total. The predicted molar refractivity (Wildman–Crippen MR) is 60.5 cm³/mol. The Morgan fingerprint density at radius 3 is 2.69 bits per heavy atom. The summed E-state index contributed by atoms with van der Waals surface area (Å²) in [6.07, 6.45) is 1.76. The number of nitrogens with one attached hydrogen (secondary N) is 2. The number of amidine groups is 1. The summed E-state index contributed by atoms with van der Waals surface area (Å²) in [7, 11) is 1.60. The Labute approximate surface area is 94.7 Å². The molecule has 2 amide bonds. The number of piperidine rings is 1. The summed E-state index contributed by atoms with van der Waals surface area (Å²) in [6, 6.07) is 0.0679. The maximum Gasteiger partial charge on any atom is 0.314 e. The molecule has 1 saturated heterocycles. The van der Waals surface area contributed by atoms with Crippen molar-refractivity contribution in [2.24, 2.45) is 10.9 Å². The number of carbonyl (C=O) groups excluding carboxylic acids is 1. The lowest BCUT2D eigenvalue weighted by atomic mass is 10.1. The van der Waals surface area contributed by atoms with Gasteiger partial charge in [0.2, 0.25) is 0 Å². The van der Waals surface area contributed by atoms with E-state index in [0.717, 1.165) is 25.9 Å². The average Bonchev–Trinajstić information content (AvgIpc) is 2.31. The molecule has 1 aliphatic rings. The minimum Gasteiger partial charge on any atom is -0.409 e. The van der Waals surface area contributed by atoms with Crippen molar-refractivity contribution in [2.45, 2.75) is 18.9 Å². The molecular formula is C9H19N5O2. The number of urea groups is 1. The van der Waals surface area contributed by atoms with E-state index in [2.05, 4.69) is 20.7 Å². The van der Waals surface area contributed by atoms with Gasteiger partial charge in [0.25, 0.3) is 0 Å². The highest BCUT2D eigenvalue weighted by Gasteiger charge is 2.20. The molecule has 16 heavy (non-hydrogen) atoms. The SMILES string of the molecule is CNC(=O)NC1CCN(CC(N)=NO)CC1. The Morgan fingerprint density at radius 1 is 1.56 bits per heavy atom. The van der Waals surface area contributed by atoms with E-state index >= 15 is 0 Å². The molecule has 0 saturated carbocycles. The molecule has 1 rings (SSSR count). The number of oxime groups is 1. The van der Waals surface area contributed by atoms with Crippen molar-refractivity contribution in [1.29, 1.82) is 0 Å². The number of hydrogen-bond donors (Lipinski definition) is 4. The summed E-state index contributed by atoms with van der Waals surface area (Å²) in [6.45, 7) is 2.15. The first kappa shape index (κ1) is 12.6. The van der Waals surface area contributed by atoms with Gasteiger partial charge in [-0.3, -0.25) is 4.90 Å². The minimum absolute atomic E-state index is 0.144. The van der Waals surface area contributed by atoms with Gasteiger partial charge in [0, 0.05) is 26.2 Å². The van der Waals surface area contributed by atoms with Crippen LogP contribution >= 0.6 is 0 Å². The van der Waals surface area contributed by atoms with Crippen LogP contribution in [0.4, 0.5) is 4.79 Å². The highest BCUT2D eigenvalue weighted by Crippen LogP contribution is 2.09. The Morgan fingerprint density at radius 2 is 2.19 bits per heavy atom. The monoisotopic (exact) mass is 229 g/mol. The second-order valence-electron chi connectivity index (χ2n) is 3.87. The van der Waals surface area contributed by atoms with Crippen LogP contribution in [0.1, 0.15) is 12.8 Å². The Hall–Kier alpha value is -1.50. The zero-order valence-electron chi connectivity index (χ0n) is 9.44. The summed E-state index contributed by atoms with van der Waals surface area (Å²) in [5, 5.41) is 16.8. The number of likely N-dealkylation sites (tertiary alicyclic amines) is 1. The van der Waals surface area contributed by atoms with Crippen molar-refractivity contribution in [3.8, 4) is 0 Å². The predicted octanol–water partition coefficient (Wildman–Crippen LogP) is -0.874. The van der Waals surface area contributed by atoms with Gasteiger partial charge in [-0.15, -0.1) is 0 Å². The zero-order chi connectivity index (χ0) is 12.0. The molecule has 0 atom stereocenters. The third-order valence-electron chi connectivity index (χ3n) is 2.66. The van der Waals surface area contributed by atoms with Crippen LogP contribution < -0.4 is 16.4 Å². The lowest BCUT2D eigenvalue weighted by molar-refractivity contribution is 0.206. The first-order valence-corrected chi connectivity index (χ1v) is 5.32. The summed E-state index contributed by atoms with van der Waals surface area (Å²) < 4.78 is 0. The molecule has 92 valence electrons. The normalized spacial score (nSPS) is 19.4. The number of nitrogens with two attached hydrogens (primary N) is 1. The maximum absolute atomic E-state index is 11.1. The van der Waals surface area contributed by atoms with Crippen molar-refractivity contribution >= 4 is 11.9 Å². The molecule has 0 aromatic heterocycles. The van der Waals surface area contributed by atoms with E-state index < -0.39 is 0 Å². The van der Waals surface area contributed by atoms with Gasteiger partial charge in [0.05, 0.1) is 6.54 Å². The third-order valence-corrected chi connectivity index (χ3v) is 2.66. The van der Waals surface area contributed by atoms with Crippen molar-refractivity contribution in [3.05, 3.63) is 0 Å². The summed E-state index contributed by atoms with van der Waals surface area (Å²) in [5.41, 5.74) is 5.42. The van der Waals surface area contributed by atoms with Crippen molar-refractivity contribution in [3.63, 3.8) is 0 Å². The fraction of sp³-hybridized carbons (Fsp3) is 0.778. The molecule has 1 fully saturated rings. The third kappa shape index (κ3) is 3.93. The van der Waals surface area contributed by atoms with Crippen LogP contribution in [-0.2, 0) is 0 Å². The van der Waals surface area contributed by atoms with E-state index in [1.165, 1.54) is 0 Å². The maximum atomic E-state index is 11.1. The van der Waals surface area contributed by atoms with E-state index in [1.807, 2.05) is 0 Å². The topological polar surface area (TPSA) is 103 Å². The summed E-state index contributed by atoms with van der Waals surface area (Å²) in [4.78, 5) is 13.2. The van der Waals surface area contributed by atoms with Crippen LogP contribution in [0.5, 0.6) is 0 Å². The Bertz CT molecular complexity index is 261. The highest BCUT2D eigenvalue weighted by molar-refractivity contribution is 5.81. The second-order valence-corrected chi connectivity index (χ2v) is 3.87. The number of carbonyl (C=O) groups is 1. The van der Waals surface area contributed by atoms with Gasteiger partial charge < -0.3 is 21.6 Å². The van der Waals surface area contributed by atoms with Crippen molar-refractivity contribution in [2.75, 3.05) is 26.7 Å². The fourth-order valence-corrected chi connectivity index (χ4v) is 1.75. The van der Waals surface area contributed by atoms with E-state index in [0.29, 0.717) is 6.54 Å². The van der Waals surface area contributed by atoms with Crippen LogP contribution in [0.25, 0.3) is 0 Å². The standard InChI is InChI=1S/C9H19N5O2/c1-11-9(15)12-7-2-4-14(5-3-7)6-8(10)13-16/h7,16H,2-6H2,1H3,(H2,10,13)(H2,11,12,15). The first-order valence-electron chi connectivity index (χ1n) is 5.32. The molecule has 7 nitrogen and oxygen atoms in total. The van der Waals surface area contributed by atoms with Crippen LogP contribution in [0.2, 0.25) is 0 Å². The average molecular weight is 229 g/mol. The number of hydrogen-bond acceptors (Lipinski definition) is 4. The molecule has 1 heterocycles. The van der Waals surface area contributed by atoms with E-state index in [1.54, 1.807) is 7.05 Å². The van der Waals surface area contributed by atoms with Gasteiger partial charge in [-0.25, -0.2) is 4.79 Å². The molecule has 0 aliphatic carbocycles. The zero-order valence-corrected chi connectivity index (χ0v) is 9.44. The molecule has 0 radical (unpaired) electrons. The Kier molecular flexibility index (Phi) is 4.84. The Balaban J connectivity index is 2.26. The molecular weight excluding hydrogens is 210 g/mol. The summed E-state index contributed by atoms with van der Waals surface area (Å²) in [5.74, 6) is 0.220. The minimum atomic E-state index is -0.144. The second kappa shape index (κ2) is 6.16. The van der Waals surface area contributed by atoms with Crippen LogP contribution in [0, 0.1) is 0 Å². The smallest absolute Gasteiger partial charge is 0.314 e. The summed E-state index contributed by atoms with van der Waals surface area (Å²) >= 11 is 0. The number of amides is 2. The molecule has 1 aliphatic heterocycles. The largest absolute Gasteiger partial charge is 0.409 e. The molecule has 0 bridgehead atoms. The number of rotatable bonds is 3. The van der Waals surface area contributed by atoms with Gasteiger partial charge in [-0.05, 0) is 12.8 Å². The van der Waals surface area contributed by atoms with Gasteiger partial charge in [-0.1, -0.05) is 5.16 Å². The van der Waals surface area contributed by atoms with Gasteiger partial charge in [0.15, 0.2) is 5.84 Å². The molecule has 0 aromatic rings. The number of nitrogens with zero attached hydrogens (tertiary/aromatic N) is 2. The van der Waals surface area contributed by atoms with Crippen LogP contribution in [-0.4, -0.2) is 54.7 Å². The quantitative estimate of drug-likeness (QED) is 0.218. The molecule has 7 heteroatoms. The highest BCUT2D eigenvalue weighted by atomic mass is 16.4. The van der Waals surface area contributed by atoms with Crippen LogP contribution in [0.15, 0.2) is 5.16 Å². The van der Waals surface area contributed by atoms with E-state index in [-0.39, 0.29) is 17.9 Å². The van der Waals surface area contributed by atoms with Crippen molar-refractivity contribution in [1.82, 2.24) is 15.5 Å². The molecule has 0 unspecified atom stereocenters. The van der Waals surface area contributed by atoms with Crippen molar-refractivity contribution < 1.29 is 10.0 Å². The van der Waals surface area contributed by atoms with E-state index in [4.69, 9.17) is 10.9 Å². The molecule has 0 spiro atoms.